The predicted molar refractivity (Wildman–Crippen MR) is 57.6 cm³/mol. The number of anilines is 1. The molecule has 0 heterocycles. The lowest BCUT2D eigenvalue weighted by molar-refractivity contribution is -0.383. The number of carbonyl (C=O) groups is 1. The van der Waals surface area contributed by atoms with Crippen LogP contribution in [0.25, 0.3) is 0 Å². The van der Waals surface area contributed by atoms with Crippen molar-refractivity contribution in [3.8, 4) is 0 Å². The van der Waals surface area contributed by atoms with Crippen LogP contribution < -0.4 is 5.73 Å². The van der Waals surface area contributed by atoms with Crippen LogP contribution in [0.1, 0.15) is 10.4 Å². The topological polar surface area (TPSA) is 86.2 Å². The van der Waals surface area contributed by atoms with E-state index in [9.17, 15) is 14.9 Å². The maximum atomic E-state index is 11.2. The number of hydrogen-bond donors (Lipinski definition) is 1. The normalized spacial score (nSPS) is 10.0. The smallest absolute Gasteiger partial charge is 0.292 e. The van der Waals surface area contributed by atoms with Gasteiger partial charge >= 0.3 is 0 Å². The lowest BCUT2D eigenvalue weighted by atomic mass is 10.1. The molecule has 15 heavy (non-hydrogen) atoms. The van der Waals surface area contributed by atoms with Crippen LogP contribution in [0, 0.1) is 10.1 Å². The number of nitro benzene ring substituents is 1. The van der Waals surface area contributed by atoms with E-state index in [1.807, 2.05) is 0 Å². The lowest BCUT2D eigenvalue weighted by Gasteiger charge is -2.03. The van der Waals surface area contributed by atoms with Gasteiger partial charge in [-0.2, -0.15) is 0 Å². The monoisotopic (exact) mass is 248 g/mol. The number of Topliss-reactive ketones (excluding diaryl/α,β-unsaturated/α-hetero) is 1. The lowest BCUT2D eigenvalue weighted by Crippen LogP contribution is -2.04. The Hall–Kier alpha value is -1.33. The van der Waals surface area contributed by atoms with Crippen molar-refractivity contribution in [3.05, 3.63) is 32.8 Å². The Kier molecular flexibility index (Phi) is 3.49. The fourth-order valence-electron chi connectivity index (χ4n) is 1.02. The van der Waals surface area contributed by atoms with Gasteiger partial charge < -0.3 is 5.73 Å². The molecule has 0 amide bonds. The van der Waals surface area contributed by atoms with Crippen molar-refractivity contribution in [1.29, 1.82) is 0 Å². The molecule has 0 bridgehead atoms. The van der Waals surface area contributed by atoms with E-state index >= 15 is 0 Å². The molecule has 0 aromatic heterocycles. The Labute approximate surface area is 94.9 Å². The van der Waals surface area contributed by atoms with E-state index in [4.69, 9.17) is 28.9 Å². The van der Waals surface area contributed by atoms with Gasteiger partial charge in [0.05, 0.1) is 15.8 Å². The van der Waals surface area contributed by atoms with Gasteiger partial charge in [-0.1, -0.05) is 11.6 Å². The van der Waals surface area contributed by atoms with Gasteiger partial charge in [-0.25, -0.2) is 0 Å². The largest absolute Gasteiger partial charge is 0.393 e. The van der Waals surface area contributed by atoms with Crippen molar-refractivity contribution in [3.63, 3.8) is 0 Å². The van der Waals surface area contributed by atoms with Gasteiger partial charge in [0.15, 0.2) is 5.78 Å². The van der Waals surface area contributed by atoms with Crippen LogP contribution >= 0.6 is 23.2 Å². The molecule has 0 spiro atoms. The van der Waals surface area contributed by atoms with E-state index in [1.54, 1.807) is 0 Å². The minimum atomic E-state index is -0.684. The second-order valence-electron chi connectivity index (χ2n) is 2.70. The minimum Gasteiger partial charge on any atom is -0.393 e. The molecule has 0 radical (unpaired) electrons. The molecule has 0 aliphatic rings. The SMILES string of the molecule is Nc1cc(Cl)c(C(=O)CCl)cc1[N+](=O)[O-]. The summed E-state index contributed by atoms with van der Waals surface area (Å²) < 4.78 is 0. The first-order valence-corrected chi connectivity index (χ1v) is 4.71. The van der Waals surface area contributed by atoms with Crippen LogP contribution in [0.4, 0.5) is 11.4 Å². The summed E-state index contributed by atoms with van der Waals surface area (Å²) >= 11 is 11.0. The molecule has 0 saturated heterocycles. The Bertz CT molecular complexity index is 434. The molecule has 0 atom stereocenters. The number of benzene rings is 1. The second-order valence-corrected chi connectivity index (χ2v) is 3.38. The zero-order valence-electron chi connectivity index (χ0n) is 7.37. The summed E-state index contributed by atoms with van der Waals surface area (Å²) in [7, 11) is 0. The maximum absolute atomic E-state index is 11.2. The van der Waals surface area contributed by atoms with E-state index in [0.29, 0.717) is 0 Å². The van der Waals surface area contributed by atoms with Crippen LogP contribution in [-0.2, 0) is 0 Å². The summed E-state index contributed by atoms with van der Waals surface area (Å²) in [5.74, 6) is -0.773. The minimum absolute atomic E-state index is 0.00701. The first-order valence-electron chi connectivity index (χ1n) is 3.80. The number of hydrogen-bond acceptors (Lipinski definition) is 4. The highest BCUT2D eigenvalue weighted by molar-refractivity contribution is 6.37. The van der Waals surface area contributed by atoms with E-state index in [0.717, 1.165) is 6.07 Å². The number of nitro groups is 1. The Morgan fingerprint density at radius 2 is 2.13 bits per heavy atom. The zero-order valence-corrected chi connectivity index (χ0v) is 8.88. The van der Waals surface area contributed by atoms with Gasteiger partial charge in [0.2, 0.25) is 0 Å². The summed E-state index contributed by atoms with van der Waals surface area (Å²) in [5, 5.41) is 10.6. The quantitative estimate of drug-likeness (QED) is 0.292. The molecule has 2 N–H and O–H groups in total. The Morgan fingerprint density at radius 1 is 1.53 bits per heavy atom. The molecule has 0 unspecified atom stereocenters. The third kappa shape index (κ3) is 2.37. The van der Waals surface area contributed by atoms with Gasteiger partial charge in [-0.3, -0.25) is 14.9 Å². The first kappa shape index (κ1) is 11.7. The van der Waals surface area contributed by atoms with Crippen molar-refractivity contribution < 1.29 is 9.72 Å². The van der Waals surface area contributed by atoms with Gasteiger partial charge in [-0.05, 0) is 6.07 Å². The molecular weight excluding hydrogens is 243 g/mol. The standard InChI is InChI=1S/C8H6Cl2N2O3/c9-3-8(13)4-1-7(12(14)15)6(11)2-5(4)10/h1-2H,3,11H2. The average molecular weight is 249 g/mol. The molecule has 0 fully saturated rings. The summed E-state index contributed by atoms with van der Waals surface area (Å²) in [4.78, 5) is 21.1. The Balaban J connectivity index is 3.36. The van der Waals surface area contributed by atoms with E-state index < -0.39 is 10.7 Å². The highest BCUT2D eigenvalue weighted by atomic mass is 35.5. The number of rotatable bonds is 3. The molecule has 7 heteroatoms. The highest BCUT2D eigenvalue weighted by Gasteiger charge is 2.18. The van der Waals surface area contributed by atoms with Gasteiger partial charge in [-0.15, -0.1) is 11.6 Å². The first-order chi connectivity index (χ1) is 6.97. The summed E-state index contributed by atoms with van der Waals surface area (Å²) in [6.07, 6.45) is 0. The molecular formula is C8H6Cl2N2O3. The molecule has 5 nitrogen and oxygen atoms in total. The van der Waals surface area contributed by atoms with Crippen LogP contribution in [0.3, 0.4) is 0 Å². The maximum Gasteiger partial charge on any atom is 0.292 e. The third-order valence-corrected chi connectivity index (χ3v) is 2.29. The number of carbonyl (C=O) groups excluding carboxylic acids is 1. The molecule has 0 aliphatic heterocycles. The van der Waals surface area contributed by atoms with E-state index in [2.05, 4.69) is 0 Å². The van der Waals surface area contributed by atoms with Crippen LogP contribution in [0.15, 0.2) is 12.1 Å². The molecule has 80 valence electrons. The van der Waals surface area contributed by atoms with Crippen molar-refractivity contribution in [1.82, 2.24) is 0 Å². The molecule has 1 aromatic carbocycles. The summed E-state index contributed by atoms with van der Waals surface area (Å²) in [5.41, 5.74) is 4.93. The Morgan fingerprint density at radius 3 is 2.60 bits per heavy atom. The van der Waals surface area contributed by atoms with Crippen LogP contribution in [0.2, 0.25) is 5.02 Å². The predicted octanol–water partition coefficient (Wildman–Crippen LogP) is 2.25. The number of alkyl halides is 1. The van der Waals surface area contributed by atoms with E-state index in [1.165, 1.54) is 6.07 Å². The van der Waals surface area contributed by atoms with E-state index in [-0.39, 0.29) is 27.8 Å². The fraction of sp³-hybridized carbons (Fsp3) is 0.125. The van der Waals surface area contributed by atoms with Crippen LogP contribution in [0.5, 0.6) is 0 Å². The number of nitrogens with zero attached hydrogens (tertiary/aromatic N) is 1. The van der Waals surface area contributed by atoms with Crippen molar-refractivity contribution in [2.45, 2.75) is 0 Å². The number of halogens is 2. The van der Waals surface area contributed by atoms with Crippen LogP contribution in [-0.4, -0.2) is 16.6 Å². The highest BCUT2D eigenvalue weighted by Crippen LogP contribution is 2.29. The molecule has 0 aliphatic carbocycles. The number of nitrogens with two attached hydrogens (primary N) is 1. The number of ketones is 1. The summed E-state index contributed by atoms with van der Waals surface area (Å²) in [6.45, 7) is 0. The molecule has 1 aromatic rings. The van der Waals surface area contributed by atoms with Crippen molar-refractivity contribution >= 4 is 40.4 Å². The second kappa shape index (κ2) is 4.46. The van der Waals surface area contributed by atoms with Crippen molar-refractivity contribution in [2.24, 2.45) is 0 Å². The van der Waals surface area contributed by atoms with Gasteiger partial charge in [0.25, 0.3) is 5.69 Å². The van der Waals surface area contributed by atoms with Gasteiger partial charge in [0, 0.05) is 11.6 Å². The fourth-order valence-corrected chi connectivity index (χ4v) is 1.44. The number of nitrogen functional groups attached to an aromatic ring is 1. The third-order valence-electron chi connectivity index (χ3n) is 1.73. The summed E-state index contributed by atoms with van der Waals surface area (Å²) in [6, 6.07) is 2.20. The average Bonchev–Trinajstić information content (AvgIpc) is 2.16. The molecule has 1 rings (SSSR count). The van der Waals surface area contributed by atoms with Crippen molar-refractivity contribution in [2.75, 3.05) is 11.6 Å². The zero-order chi connectivity index (χ0) is 11.6. The molecule has 0 saturated carbocycles. The van der Waals surface area contributed by atoms with Gasteiger partial charge in [0.1, 0.15) is 5.69 Å².